The Morgan fingerprint density at radius 3 is 2.74 bits per heavy atom. The monoisotopic (exact) mass is 388 g/mol. The third-order valence-electron chi connectivity index (χ3n) is 4.48. The van der Waals surface area contributed by atoms with Gasteiger partial charge in [0.1, 0.15) is 5.82 Å². The van der Waals surface area contributed by atoms with Crippen LogP contribution < -0.4 is 20.9 Å². The van der Waals surface area contributed by atoms with Gasteiger partial charge in [-0.25, -0.2) is 9.78 Å². The number of urea groups is 1. The second-order valence-corrected chi connectivity index (χ2v) is 7.01. The Labute approximate surface area is 164 Å². The lowest BCUT2D eigenvalue weighted by Crippen LogP contribution is -2.33. The first-order valence-electron chi connectivity index (χ1n) is 9.17. The number of aryl methyl sites for hydroxylation is 1. The number of amides is 2. The van der Waals surface area contributed by atoms with Crippen LogP contribution in [0.5, 0.6) is 0 Å². The summed E-state index contributed by atoms with van der Waals surface area (Å²) in [5, 5.41) is 9.42. The molecule has 1 aliphatic heterocycles. The van der Waals surface area contributed by atoms with Crippen LogP contribution in [0.4, 0.5) is 22.2 Å². The van der Waals surface area contributed by atoms with Crippen molar-refractivity contribution < 1.29 is 4.79 Å². The van der Waals surface area contributed by atoms with E-state index in [1.165, 1.54) is 12.8 Å². The number of nitrogens with zero attached hydrogens (tertiary/aromatic N) is 3. The fourth-order valence-electron chi connectivity index (χ4n) is 3.00. The van der Waals surface area contributed by atoms with Crippen LogP contribution in [-0.4, -0.2) is 42.2 Å². The number of carbonyl (C=O) groups excluding carboxylic acids is 1. The van der Waals surface area contributed by atoms with Gasteiger partial charge in [-0.3, -0.25) is 0 Å². The maximum Gasteiger partial charge on any atom is 0.319 e. The molecule has 0 saturated carbocycles. The van der Waals surface area contributed by atoms with Crippen molar-refractivity contribution in [3.63, 3.8) is 0 Å². The highest BCUT2D eigenvalue weighted by molar-refractivity contribution is 6.31. The fourth-order valence-corrected chi connectivity index (χ4v) is 3.17. The molecule has 0 aliphatic carbocycles. The van der Waals surface area contributed by atoms with Gasteiger partial charge in [-0.05, 0) is 44.4 Å². The normalized spacial score (nSPS) is 13.5. The topological polar surface area (TPSA) is 82.2 Å². The third-order valence-corrected chi connectivity index (χ3v) is 4.89. The first-order chi connectivity index (χ1) is 13.0. The SMILES string of the molecule is Cc1cc(N2CCCC2)nc(NCCNC(=O)Nc2cccc(Cl)c2C)n1. The molecule has 0 radical (unpaired) electrons. The molecule has 2 aromatic rings. The number of rotatable bonds is 6. The molecule has 0 bridgehead atoms. The van der Waals surface area contributed by atoms with E-state index in [0.29, 0.717) is 29.7 Å². The number of hydrogen-bond donors (Lipinski definition) is 3. The quantitative estimate of drug-likeness (QED) is 0.659. The molecule has 0 atom stereocenters. The smallest absolute Gasteiger partial charge is 0.319 e. The predicted molar refractivity (Wildman–Crippen MR) is 110 cm³/mol. The minimum absolute atomic E-state index is 0.273. The summed E-state index contributed by atoms with van der Waals surface area (Å²) in [6.07, 6.45) is 2.41. The summed E-state index contributed by atoms with van der Waals surface area (Å²) in [6, 6.07) is 7.15. The Hall–Kier alpha value is -2.54. The van der Waals surface area contributed by atoms with Crippen LogP contribution in [-0.2, 0) is 0 Å². The summed E-state index contributed by atoms with van der Waals surface area (Å²) in [5.41, 5.74) is 2.47. The van der Waals surface area contributed by atoms with Crippen LogP contribution in [0.1, 0.15) is 24.1 Å². The molecular weight excluding hydrogens is 364 g/mol. The number of carbonyl (C=O) groups is 1. The number of hydrogen-bond acceptors (Lipinski definition) is 5. The molecule has 1 fully saturated rings. The maximum atomic E-state index is 12.0. The molecule has 7 nitrogen and oxygen atoms in total. The molecule has 1 saturated heterocycles. The van der Waals surface area contributed by atoms with Crippen molar-refractivity contribution in [3.05, 3.63) is 40.5 Å². The van der Waals surface area contributed by atoms with Gasteiger partial charge in [0.05, 0.1) is 0 Å². The van der Waals surface area contributed by atoms with Crippen LogP contribution in [0, 0.1) is 13.8 Å². The number of halogens is 1. The van der Waals surface area contributed by atoms with Crippen molar-refractivity contribution in [1.82, 2.24) is 15.3 Å². The lowest BCUT2D eigenvalue weighted by Gasteiger charge is -2.17. The first-order valence-corrected chi connectivity index (χ1v) is 9.55. The van der Waals surface area contributed by atoms with Gasteiger partial charge in [0.2, 0.25) is 5.95 Å². The van der Waals surface area contributed by atoms with Gasteiger partial charge < -0.3 is 20.9 Å². The molecule has 1 aliphatic rings. The lowest BCUT2D eigenvalue weighted by molar-refractivity contribution is 0.252. The summed E-state index contributed by atoms with van der Waals surface area (Å²) in [6.45, 7) is 6.89. The van der Waals surface area contributed by atoms with E-state index in [4.69, 9.17) is 11.6 Å². The Balaban J connectivity index is 1.47. The molecule has 1 aromatic heterocycles. The largest absolute Gasteiger partial charge is 0.356 e. The van der Waals surface area contributed by atoms with Crippen molar-refractivity contribution in [2.24, 2.45) is 0 Å². The highest BCUT2D eigenvalue weighted by Gasteiger charge is 2.15. The number of anilines is 3. The van der Waals surface area contributed by atoms with Gasteiger partial charge in [0.25, 0.3) is 0 Å². The maximum absolute atomic E-state index is 12.0. The zero-order valence-electron chi connectivity index (χ0n) is 15.7. The highest BCUT2D eigenvalue weighted by atomic mass is 35.5. The fraction of sp³-hybridized carbons (Fsp3) is 0.421. The summed E-state index contributed by atoms with van der Waals surface area (Å²) in [4.78, 5) is 23.3. The second-order valence-electron chi connectivity index (χ2n) is 6.61. The summed E-state index contributed by atoms with van der Waals surface area (Å²) < 4.78 is 0. The minimum atomic E-state index is -0.273. The molecule has 3 rings (SSSR count). The summed E-state index contributed by atoms with van der Waals surface area (Å²) in [7, 11) is 0. The van der Waals surface area contributed by atoms with Gasteiger partial charge >= 0.3 is 6.03 Å². The van der Waals surface area contributed by atoms with Gasteiger partial charge in [-0.15, -0.1) is 0 Å². The Kier molecular flexibility index (Phi) is 6.34. The molecule has 2 amide bonds. The molecule has 27 heavy (non-hydrogen) atoms. The van der Waals surface area contributed by atoms with Gasteiger partial charge in [-0.2, -0.15) is 4.98 Å². The Morgan fingerprint density at radius 2 is 1.96 bits per heavy atom. The third kappa shape index (κ3) is 5.23. The Bertz CT molecular complexity index is 807. The first kappa shape index (κ1) is 19.2. The molecule has 0 spiro atoms. The van der Waals surface area contributed by atoms with E-state index in [9.17, 15) is 4.79 Å². The van der Waals surface area contributed by atoms with Crippen molar-refractivity contribution in [2.45, 2.75) is 26.7 Å². The molecule has 0 unspecified atom stereocenters. The molecule has 1 aromatic carbocycles. The van der Waals surface area contributed by atoms with Crippen LogP contribution >= 0.6 is 11.6 Å². The van der Waals surface area contributed by atoms with E-state index in [-0.39, 0.29) is 6.03 Å². The Morgan fingerprint density at radius 1 is 1.19 bits per heavy atom. The second kappa shape index (κ2) is 8.90. The van der Waals surface area contributed by atoms with E-state index < -0.39 is 0 Å². The lowest BCUT2D eigenvalue weighted by atomic mass is 10.2. The van der Waals surface area contributed by atoms with E-state index in [2.05, 4.69) is 30.8 Å². The zero-order valence-corrected chi connectivity index (χ0v) is 16.4. The highest BCUT2D eigenvalue weighted by Crippen LogP contribution is 2.22. The van der Waals surface area contributed by atoms with Crippen LogP contribution in [0.2, 0.25) is 5.02 Å². The average Bonchev–Trinajstić information content (AvgIpc) is 3.17. The van der Waals surface area contributed by atoms with Crippen molar-refractivity contribution in [1.29, 1.82) is 0 Å². The number of benzene rings is 1. The van der Waals surface area contributed by atoms with Gasteiger partial charge in [0.15, 0.2) is 0 Å². The van der Waals surface area contributed by atoms with Crippen LogP contribution in [0.25, 0.3) is 0 Å². The molecule has 3 N–H and O–H groups in total. The summed E-state index contributed by atoms with van der Waals surface area (Å²) >= 11 is 6.07. The van der Waals surface area contributed by atoms with Gasteiger partial charge in [-0.1, -0.05) is 17.7 Å². The molecule has 8 heteroatoms. The number of nitrogens with one attached hydrogen (secondary N) is 3. The van der Waals surface area contributed by atoms with E-state index >= 15 is 0 Å². The van der Waals surface area contributed by atoms with Crippen LogP contribution in [0.15, 0.2) is 24.3 Å². The molecule has 2 heterocycles. The minimum Gasteiger partial charge on any atom is -0.356 e. The van der Waals surface area contributed by atoms with Crippen molar-refractivity contribution in [3.8, 4) is 0 Å². The van der Waals surface area contributed by atoms with Crippen LogP contribution in [0.3, 0.4) is 0 Å². The standard InChI is InChI=1S/C19H25ClN6O/c1-13-12-17(26-10-3-4-11-26)25-18(23-13)21-8-9-22-19(27)24-16-7-5-6-15(20)14(16)2/h5-7,12H,3-4,8-11H2,1-2H3,(H,21,23,25)(H2,22,24,27). The van der Waals surface area contributed by atoms with Gasteiger partial charge in [0, 0.05) is 48.6 Å². The molecular formula is C19H25ClN6O. The van der Waals surface area contributed by atoms with E-state index in [0.717, 1.165) is 30.2 Å². The van der Waals surface area contributed by atoms with E-state index in [1.54, 1.807) is 12.1 Å². The summed E-state index contributed by atoms with van der Waals surface area (Å²) in [5.74, 6) is 1.55. The predicted octanol–water partition coefficient (Wildman–Crippen LogP) is 3.58. The van der Waals surface area contributed by atoms with Crippen molar-refractivity contribution >= 4 is 35.1 Å². The average molecular weight is 389 g/mol. The molecule has 144 valence electrons. The number of aromatic nitrogens is 2. The van der Waals surface area contributed by atoms with E-state index in [1.807, 2.05) is 26.0 Å². The van der Waals surface area contributed by atoms with Crippen molar-refractivity contribution in [2.75, 3.05) is 41.7 Å². The zero-order chi connectivity index (χ0) is 19.2.